The van der Waals surface area contributed by atoms with Crippen molar-refractivity contribution in [1.82, 2.24) is 0 Å². The average Bonchev–Trinajstić information content (AvgIpc) is 2.27. The molecule has 0 heterocycles. The highest BCUT2D eigenvalue weighted by Gasteiger charge is 2.22. The predicted octanol–water partition coefficient (Wildman–Crippen LogP) is 3.26. The van der Waals surface area contributed by atoms with Crippen LogP contribution < -0.4 is 9.47 Å². The number of Topliss-reactive ketones (excluding diaryl/α,β-unsaturated/α-hetero) is 1. The molecule has 0 aliphatic carbocycles. The van der Waals surface area contributed by atoms with E-state index in [1.165, 1.54) is 19.2 Å². The van der Waals surface area contributed by atoms with Gasteiger partial charge in [0.1, 0.15) is 0 Å². The molecule has 94 valence electrons. The highest BCUT2D eigenvalue weighted by molar-refractivity contribution is 9.10. The van der Waals surface area contributed by atoms with E-state index in [-0.39, 0.29) is 22.8 Å². The van der Waals surface area contributed by atoms with Gasteiger partial charge in [0.05, 0.1) is 17.5 Å². The van der Waals surface area contributed by atoms with Crippen LogP contribution in [0, 0.1) is 0 Å². The molecule has 0 N–H and O–H groups in total. The van der Waals surface area contributed by atoms with Gasteiger partial charge in [0.2, 0.25) is 0 Å². The van der Waals surface area contributed by atoms with Crippen LogP contribution in [0.5, 0.6) is 11.5 Å². The number of para-hydroxylation sites is 1. The molecule has 0 aliphatic heterocycles. The van der Waals surface area contributed by atoms with Crippen LogP contribution in [0.1, 0.15) is 17.3 Å². The van der Waals surface area contributed by atoms with Crippen LogP contribution in [0.15, 0.2) is 18.2 Å². The van der Waals surface area contributed by atoms with Crippen molar-refractivity contribution in [3.8, 4) is 11.5 Å². The molecule has 6 heteroatoms. The van der Waals surface area contributed by atoms with Gasteiger partial charge in [0, 0.05) is 0 Å². The lowest BCUT2D eigenvalue weighted by molar-refractivity contribution is -0.0515. The van der Waals surface area contributed by atoms with Crippen LogP contribution in [0.3, 0.4) is 0 Å². The third kappa shape index (κ3) is 3.39. The second-order valence-electron chi connectivity index (χ2n) is 3.20. The lowest BCUT2D eigenvalue weighted by atomic mass is 10.1. The number of ketones is 1. The van der Waals surface area contributed by atoms with Gasteiger partial charge < -0.3 is 9.47 Å². The van der Waals surface area contributed by atoms with Crippen molar-refractivity contribution in [2.45, 2.75) is 18.4 Å². The van der Waals surface area contributed by atoms with E-state index < -0.39 is 11.4 Å². The number of methoxy groups -OCH3 is 1. The van der Waals surface area contributed by atoms with E-state index >= 15 is 0 Å². The number of hydrogen-bond donors (Lipinski definition) is 0. The summed E-state index contributed by atoms with van der Waals surface area (Å²) in [5, 5.41) is 0. The van der Waals surface area contributed by atoms with E-state index in [1.54, 1.807) is 13.0 Å². The van der Waals surface area contributed by atoms with E-state index in [1.807, 2.05) is 0 Å². The molecule has 0 spiro atoms. The van der Waals surface area contributed by atoms with Crippen LogP contribution in [0.25, 0.3) is 0 Å². The molecular formula is C11H11BrF2O3. The van der Waals surface area contributed by atoms with E-state index in [4.69, 9.17) is 4.74 Å². The number of ether oxygens (including phenoxy) is 2. The van der Waals surface area contributed by atoms with Crippen LogP contribution >= 0.6 is 15.9 Å². The largest absolute Gasteiger partial charge is 0.493 e. The summed E-state index contributed by atoms with van der Waals surface area (Å²) >= 11 is 3.09. The minimum absolute atomic E-state index is 0.0639. The Bertz CT molecular complexity index is 408. The smallest absolute Gasteiger partial charge is 0.387 e. The standard InChI is InChI=1S/C11H11BrF2O3/c1-6(12)9(15)7-4-3-5-8(16-2)10(7)17-11(13)14/h3-6,11H,1-2H3. The van der Waals surface area contributed by atoms with Crippen molar-refractivity contribution in [3.05, 3.63) is 23.8 Å². The van der Waals surface area contributed by atoms with Crippen LogP contribution in [0.2, 0.25) is 0 Å². The van der Waals surface area contributed by atoms with Crippen molar-refractivity contribution < 1.29 is 23.0 Å². The third-order valence-electron chi connectivity index (χ3n) is 2.03. The highest BCUT2D eigenvalue weighted by Crippen LogP contribution is 2.33. The number of alkyl halides is 3. The summed E-state index contributed by atoms with van der Waals surface area (Å²) in [4.78, 5) is 11.3. The molecule has 0 radical (unpaired) electrons. The number of carbonyl (C=O) groups excluding carboxylic acids is 1. The molecule has 0 saturated heterocycles. The fourth-order valence-electron chi connectivity index (χ4n) is 1.30. The molecule has 3 nitrogen and oxygen atoms in total. The number of benzene rings is 1. The van der Waals surface area contributed by atoms with Crippen molar-refractivity contribution in [2.24, 2.45) is 0 Å². The van der Waals surface area contributed by atoms with E-state index in [2.05, 4.69) is 20.7 Å². The first-order valence-electron chi connectivity index (χ1n) is 4.77. The number of carbonyl (C=O) groups is 1. The lowest BCUT2D eigenvalue weighted by Gasteiger charge is -2.14. The first kappa shape index (κ1) is 13.9. The maximum absolute atomic E-state index is 12.3. The summed E-state index contributed by atoms with van der Waals surface area (Å²) < 4.78 is 33.8. The van der Waals surface area contributed by atoms with Gasteiger partial charge in [0.15, 0.2) is 17.3 Å². The quantitative estimate of drug-likeness (QED) is 0.618. The molecule has 1 rings (SSSR count). The predicted molar refractivity (Wildman–Crippen MR) is 62.3 cm³/mol. The molecule has 0 fully saturated rings. The Balaban J connectivity index is 3.23. The number of hydrogen-bond acceptors (Lipinski definition) is 3. The minimum atomic E-state index is -3.01. The van der Waals surface area contributed by atoms with Crippen molar-refractivity contribution in [1.29, 1.82) is 0 Å². The monoisotopic (exact) mass is 308 g/mol. The second kappa shape index (κ2) is 5.95. The van der Waals surface area contributed by atoms with Crippen molar-refractivity contribution in [2.75, 3.05) is 7.11 Å². The molecule has 1 unspecified atom stereocenters. The number of rotatable bonds is 5. The molecule has 0 aliphatic rings. The third-order valence-corrected chi connectivity index (χ3v) is 2.45. The summed E-state index contributed by atoms with van der Waals surface area (Å²) in [7, 11) is 1.32. The molecule has 0 aromatic heterocycles. The second-order valence-corrected chi connectivity index (χ2v) is 4.57. The van der Waals surface area contributed by atoms with Crippen LogP contribution in [0.4, 0.5) is 8.78 Å². The topological polar surface area (TPSA) is 35.5 Å². The summed E-state index contributed by atoms with van der Waals surface area (Å²) in [6, 6.07) is 4.41. The zero-order valence-corrected chi connectivity index (χ0v) is 10.8. The van der Waals surface area contributed by atoms with Crippen molar-refractivity contribution >= 4 is 21.7 Å². The van der Waals surface area contributed by atoms with Crippen molar-refractivity contribution in [3.63, 3.8) is 0 Å². The Labute approximate surface area is 106 Å². The Morgan fingerprint density at radius 1 is 1.41 bits per heavy atom. The van der Waals surface area contributed by atoms with Gasteiger partial charge in [-0.2, -0.15) is 8.78 Å². The SMILES string of the molecule is COc1cccc(C(=O)C(C)Br)c1OC(F)F. The Kier molecular flexibility index (Phi) is 4.86. The van der Waals surface area contributed by atoms with E-state index in [9.17, 15) is 13.6 Å². The molecule has 1 atom stereocenters. The lowest BCUT2D eigenvalue weighted by Crippen LogP contribution is -2.14. The van der Waals surface area contributed by atoms with Gasteiger partial charge in [0.25, 0.3) is 0 Å². The molecule has 17 heavy (non-hydrogen) atoms. The molecule has 0 amide bonds. The van der Waals surface area contributed by atoms with Gasteiger partial charge in [-0.1, -0.05) is 22.0 Å². The normalized spacial score (nSPS) is 12.4. The molecule has 1 aromatic rings. The van der Waals surface area contributed by atoms with Gasteiger partial charge in [-0.25, -0.2) is 0 Å². The average molecular weight is 309 g/mol. The summed E-state index contributed by atoms with van der Waals surface area (Å²) in [5.74, 6) is -0.481. The zero-order chi connectivity index (χ0) is 13.0. The highest BCUT2D eigenvalue weighted by atomic mass is 79.9. The van der Waals surface area contributed by atoms with Crippen LogP contribution in [-0.2, 0) is 0 Å². The van der Waals surface area contributed by atoms with Crippen LogP contribution in [-0.4, -0.2) is 24.3 Å². The Morgan fingerprint density at radius 3 is 2.53 bits per heavy atom. The molecule has 0 saturated carbocycles. The minimum Gasteiger partial charge on any atom is -0.493 e. The first-order chi connectivity index (χ1) is 7.97. The zero-order valence-electron chi connectivity index (χ0n) is 9.25. The van der Waals surface area contributed by atoms with Gasteiger partial charge in [-0.05, 0) is 19.1 Å². The maximum atomic E-state index is 12.3. The van der Waals surface area contributed by atoms with Gasteiger partial charge in [-0.15, -0.1) is 0 Å². The maximum Gasteiger partial charge on any atom is 0.387 e. The summed E-state index contributed by atoms with van der Waals surface area (Å²) in [5.41, 5.74) is 0.0639. The van der Waals surface area contributed by atoms with Gasteiger partial charge >= 0.3 is 6.61 Å². The molecule has 0 bridgehead atoms. The summed E-state index contributed by atoms with van der Waals surface area (Å²) in [6.07, 6.45) is 0. The molecular weight excluding hydrogens is 298 g/mol. The Hall–Kier alpha value is -1.17. The number of halogens is 3. The fourth-order valence-corrected chi connectivity index (χ4v) is 1.54. The first-order valence-corrected chi connectivity index (χ1v) is 5.69. The van der Waals surface area contributed by atoms with E-state index in [0.717, 1.165) is 0 Å². The van der Waals surface area contributed by atoms with E-state index in [0.29, 0.717) is 0 Å². The summed E-state index contributed by atoms with van der Waals surface area (Å²) in [6.45, 7) is -1.41. The fraction of sp³-hybridized carbons (Fsp3) is 0.364. The van der Waals surface area contributed by atoms with Gasteiger partial charge in [-0.3, -0.25) is 4.79 Å². The molecule has 1 aromatic carbocycles. The Morgan fingerprint density at radius 2 is 2.06 bits per heavy atom.